The fraction of sp³-hybridized carbons (Fsp3) is 0.130. The molecule has 0 aliphatic carbocycles. The van der Waals surface area contributed by atoms with E-state index in [9.17, 15) is 31.5 Å². The highest BCUT2D eigenvalue weighted by Gasteiger charge is 2.35. The highest BCUT2D eigenvalue weighted by Crippen LogP contribution is 2.40. The molecule has 0 spiro atoms. The van der Waals surface area contributed by atoms with E-state index in [4.69, 9.17) is 11.6 Å². The fourth-order valence-corrected chi connectivity index (χ4v) is 4.27. The number of hydrogen-bond donors (Lipinski definition) is 2. The van der Waals surface area contributed by atoms with Gasteiger partial charge in [0.05, 0.1) is 11.6 Å². The van der Waals surface area contributed by atoms with Crippen LogP contribution in [-0.4, -0.2) is 11.8 Å². The van der Waals surface area contributed by atoms with E-state index in [0.717, 1.165) is 12.1 Å². The molecule has 0 aromatic heterocycles. The second-order valence-electron chi connectivity index (χ2n) is 7.49. The lowest BCUT2D eigenvalue weighted by molar-refractivity contribution is -0.137. The van der Waals surface area contributed by atoms with Gasteiger partial charge in [0.25, 0.3) is 11.8 Å². The Balaban J connectivity index is 1.81. The predicted octanol–water partition coefficient (Wildman–Crippen LogP) is 6.62. The molecule has 0 fully saturated rings. The number of fused-ring (bicyclic) bond motifs is 1. The van der Waals surface area contributed by atoms with Crippen molar-refractivity contribution in [3.8, 4) is 0 Å². The molecule has 0 radical (unpaired) electrons. The first kappa shape index (κ1) is 24.2. The van der Waals surface area contributed by atoms with E-state index >= 15 is 0 Å². The molecule has 11 heteroatoms. The molecule has 1 heterocycles. The van der Waals surface area contributed by atoms with Crippen LogP contribution in [0.3, 0.4) is 0 Å². The molecule has 0 saturated heterocycles. The standard InChI is InChI=1S/C23H13BrClF5N2O2/c24-9-10-3-16-19(20(32-22(16)34)15-8-13(26)1-2-17(15)25)18(4-10)31-21(33)11-5-12(23(28,29)30)7-14(27)6-11/h1-8,20H,9H2,(H,31,33)(H,32,34). The molecular formula is C23H13BrClF5N2O2. The number of anilines is 1. The number of carbonyl (C=O) groups is 2. The summed E-state index contributed by atoms with van der Waals surface area (Å²) in [7, 11) is 0. The van der Waals surface area contributed by atoms with Gasteiger partial charge in [-0.3, -0.25) is 9.59 Å². The summed E-state index contributed by atoms with van der Waals surface area (Å²) < 4.78 is 67.0. The number of nitrogens with one attached hydrogen (secondary N) is 2. The number of rotatable bonds is 4. The first-order valence-corrected chi connectivity index (χ1v) is 11.2. The fourth-order valence-electron chi connectivity index (χ4n) is 3.72. The lowest BCUT2D eigenvalue weighted by atomic mass is 9.94. The van der Waals surface area contributed by atoms with Crippen LogP contribution in [0.15, 0.2) is 48.5 Å². The van der Waals surface area contributed by atoms with Crippen LogP contribution in [0.1, 0.15) is 49.0 Å². The summed E-state index contributed by atoms with van der Waals surface area (Å²) in [5.41, 5.74) is -0.582. The highest BCUT2D eigenvalue weighted by atomic mass is 79.9. The Morgan fingerprint density at radius 1 is 1.06 bits per heavy atom. The van der Waals surface area contributed by atoms with Gasteiger partial charge in [0, 0.05) is 38.3 Å². The summed E-state index contributed by atoms with van der Waals surface area (Å²) in [5.74, 6) is -3.38. The van der Waals surface area contributed by atoms with Crippen LogP contribution in [0.2, 0.25) is 5.02 Å². The summed E-state index contributed by atoms with van der Waals surface area (Å²) in [6.07, 6.45) is -4.86. The van der Waals surface area contributed by atoms with Gasteiger partial charge in [0.15, 0.2) is 0 Å². The largest absolute Gasteiger partial charge is 0.416 e. The van der Waals surface area contributed by atoms with Gasteiger partial charge in [-0.15, -0.1) is 0 Å². The number of alkyl halides is 4. The van der Waals surface area contributed by atoms with Gasteiger partial charge >= 0.3 is 6.18 Å². The van der Waals surface area contributed by atoms with Crippen LogP contribution in [0.25, 0.3) is 0 Å². The van der Waals surface area contributed by atoms with Crippen LogP contribution in [0.4, 0.5) is 27.6 Å². The maximum atomic E-state index is 13.9. The van der Waals surface area contributed by atoms with E-state index in [1.807, 2.05) is 0 Å². The summed E-state index contributed by atoms with van der Waals surface area (Å²) in [4.78, 5) is 25.5. The molecule has 1 atom stereocenters. The van der Waals surface area contributed by atoms with Gasteiger partial charge < -0.3 is 10.6 Å². The molecular weight excluding hydrogens is 547 g/mol. The van der Waals surface area contributed by atoms with Crippen molar-refractivity contribution in [1.29, 1.82) is 0 Å². The smallest absolute Gasteiger partial charge is 0.341 e. The van der Waals surface area contributed by atoms with E-state index in [-0.39, 0.29) is 33.5 Å². The minimum atomic E-state index is -4.86. The highest BCUT2D eigenvalue weighted by molar-refractivity contribution is 9.08. The number of carbonyl (C=O) groups excluding carboxylic acids is 2. The number of amides is 2. The summed E-state index contributed by atoms with van der Waals surface area (Å²) in [5, 5.41) is 5.60. The number of benzene rings is 3. The molecule has 1 unspecified atom stereocenters. The van der Waals surface area contributed by atoms with Crippen molar-refractivity contribution >= 4 is 45.0 Å². The topological polar surface area (TPSA) is 58.2 Å². The van der Waals surface area contributed by atoms with E-state index in [1.165, 1.54) is 12.1 Å². The molecule has 34 heavy (non-hydrogen) atoms. The second kappa shape index (κ2) is 8.99. The third-order valence-corrected chi connectivity index (χ3v) is 6.20. The Bertz CT molecular complexity index is 1330. The van der Waals surface area contributed by atoms with Crippen LogP contribution in [0.5, 0.6) is 0 Å². The summed E-state index contributed by atoms with van der Waals surface area (Å²) in [6, 6.07) is 7.20. The zero-order valence-electron chi connectivity index (χ0n) is 16.9. The lowest BCUT2D eigenvalue weighted by Gasteiger charge is -2.19. The average molecular weight is 560 g/mol. The van der Waals surface area contributed by atoms with Crippen molar-refractivity contribution in [3.63, 3.8) is 0 Å². The van der Waals surface area contributed by atoms with Crippen molar-refractivity contribution in [3.05, 3.63) is 98.6 Å². The quantitative estimate of drug-likeness (QED) is 0.279. The molecule has 4 nitrogen and oxygen atoms in total. The zero-order chi connectivity index (χ0) is 24.8. The minimum absolute atomic E-state index is 0.0819. The van der Waals surface area contributed by atoms with Crippen LogP contribution < -0.4 is 10.6 Å². The maximum absolute atomic E-state index is 13.9. The minimum Gasteiger partial charge on any atom is -0.341 e. The lowest BCUT2D eigenvalue weighted by Crippen LogP contribution is -2.21. The molecule has 1 aliphatic rings. The Labute approximate surface area is 203 Å². The number of hydrogen-bond acceptors (Lipinski definition) is 2. The van der Waals surface area contributed by atoms with Gasteiger partial charge in [0.1, 0.15) is 11.6 Å². The van der Waals surface area contributed by atoms with E-state index < -0.39 is 46.8 Å². The van der Waals surface area contributed by atoms with Gasteiger partial charge in [-0.2, -0.15) is 13.2 Å². The van der Waals surface area contributed by atoms with Crippen LogP contribution >= 0.6 is 27.5 Å². The van der Waals surface area contributed by atoms with Gasteiger partial charge in [-0.1, -0.05) is 27.5 Å². The SMILES string of the molecule is O=C(Nc1cc(CBr)cc2c1C(c1cc(F)ccc1Cl)NC2=O)c1cc(F)cc(C(F)(F)F)c1. The maximum Gasteiger partial charge on any atom is 0.416 e. The summed E-state index contributed by atoms with van der Waals surface area (Å²) in [6.45, 7) is 0. The predicted molar refractivity (Wildman–Crippen MR) is 119 cm³/mol. The van der Waals surface area contributed by atoms with Gasteiger partial charge in [-0.25, -0.2) is 8.78 Å². The van der Waals surface area contributed by atoms with E-state index in [1.54, 1.807) is 6.07 Å². The molecule has 4 rings (SSSR count). The first-order chi connectivity index (χ1) is 16.0. The summed E-state index contributed by atoms with van der Waals surface area (Å²) >= 11 is 9.48. The Morgan fingerprint density at radius 3 is 2.47 bits per heavy atom. The van der Waals surface area contributed by atoms with Crippen LogP contribution in [-0.2, 0) is 11.5 Å². The molecule has 3 aromatic rings. The van der Waals surface area contributed by atoms with Crippen molar-refractivity contribution in [2.45, 2.75) is 17.5 Å². The zero-order valence-corrected chi connectivity index (χ0v) is 19.2. The van der Waals surface area contributed by atoms with E-state index in [2.05, 4.69) is 26.6 Å². The van der Waals surface area contributed by atoms with Crippen LogP contribution in [0, 0.1) is 11.6 Å². The van der Waals surface area contributed by atoms with Crippen molar-refractivity contribution in [1.82, 2.24) is 5.32 Å². The average Bonchev–Trinajstić information content (AvgIpc) is 3.10. The molecule has 3 aromatic carbocycles. The Morgan fingerprint density at radius 2 is 1.79 bits per heavy atom. The third-order valence-electron chi connectivity index (χ3n) is 5.21. The number of halogens is 7. The Hall–Kier alpha value is -2.98. The van der Waals surface area contributed by atoms with Gasteiger partial charge in [0.2, 0.25) is 0 Å². The third kappa shape index (κ3) is 4.65. The van der Waals surface area contributed by atoms with E-state index in [0.29, 0.717) is 23.0 Å². The van der Waals surface area contributed by atoms with Crippen molar-refractivity contribution < 1.29 is 31.5 Å². The monoisotopic (exact) mass is 558 g/mol. The molecule has 0 bridgehead atoms. The second-order valence-corrected chi connectivity index (χ2v) is 8.46. The van der Waals surface area contributed by atoms with Crippen molar-refractivity contribution in [2.24, 2.45) is 0 Å². The van der Waals surface area contributed by atoms with Crippen molar-refractivity contribution in [2.75, 3.05) is 5.32 Å². The molecule has 2 amide bonds. The molecule has 1 aliphatic heterocycles. The first-order valence-electron chi connectivity index (χ1n) is 9.65. The molecule has 176 valence electrons. The normalized spacial score (nSPS) is 15.1. The van der Waals surface area contributed by atoms with Gasteiger partial charge in [-0.05, 0) is 54.1 Å². The molecule has 2 N–H and O–H groups in total. The molecule has 0 saturated carbocycles. The Kier molecular flexibility index (Phi) is 6.39.